The topological polar surface area (TPSA) is 46.6 Å². The van der Waals surface area contributed by atoms with Gasteiger partial charge in [0.2, 0.25) is 5.91 Å². The lowest BCUT2D eigenvalue weighted by atomic mass is 9.88. The second-order valence-corrected chi connectivity index (χ2v) is 7.80. The molecule has 166 valence electrons. The lowest BCUT2D eigenvalue weighted by molar-refractivity contribution is -0.149. The maximum Gasteiger partial charge on any atom is 0.416 e. The molecule has 7 heteroatoms. The van der Waals surface area contributed by atoms with Crippen LogP contribution in [-0.2, 0) is 27.0 Å². The molecule has 4 nitrogen and oxygen atoms in total. The van der Waals surface area contributed by atoms with Gasteiger partial charge in [-0.05, 0) is 49.4 Å². The summed E-state index contributed by atoms with van der Waals surface area (Å²) in [6, 6.07) is 11.5. The minimum atomic E-state index is -4.63. The molecule has 1 amide bonds. The molecule has 2 aromatic carbocycles. The van der Waals surface area contributed by atoms with Gasteiger partial charge in [-0.15, -0.1) is 0 Å². The summed E-state index contributed by atoms with van der Waals surface area (Å²) in [6.45, 7) is 4.80. The number of rotatable bonds is 7. The Morgan fingerprint density at radius 3 is 2.29 bits per heavy atom. The van der Waals surface area contributed by atoms with E-state index in [0.717, 1.165) is 24.5 Å². The number of esters is 1. The summed E-state index contributed by atoms with van der Waals surface area (Å²) in [4.78, 5) is 25.9. The van der Waals surface area contributed by atoms with Crippen LogP contribution in [0.4, 0.5) is 13.2 Å². The van der Waals surface area contributed by atoms with Crippen LogP contribution in [0.15, 0.2) is 42.5 Å². The second-order valence-electron chi connectivity index (χ2n) is 7.80. The highest BCUT2D eigenvalue weighted by atomic mass is 19.4. The fourth-order valence-electron chi connectivity index (χ4n) is 3.87. The quantitative estimate of drug-likeness (QED) is 0.522. The molecule has 1 atom stereocenters. The Balaban J connectivity index is 2.22. The summed E-state index contributed by atoms with van der Waals surface area (Å²) in [7, 11) is 0. The van der Waals surface area contributed by atoms with E-state index in [-0.39, 0.29) is 23.9 Å². The van der Waals surface area contributed by atoms with E-state index in [1.165, 1.54) is 19.9 Å². The van der Waals surface area contributed by atoms with Gasteiger partial charge in [0.1, 0.15) is 6.10 Å². The molecule has 1 unspecified atom stereocenters. The maximum atomic E-state index is 14.0. The minimum absolute atomic E-state index is 0.0148. The molecule has 0 spiro atoms. The van der Waals surface area contributed by atoms with E-state index < -0.39 is 23.8 Å². The highest BCUT2D eigenvalue weighted by molar-refractivity contribution is 5.81. The van der Waals surface area contributed by atoms with Crippen molar-refractivity contribution in [1.29, 1.82) is 0 Å². The molecule has 0 N–H and O–H groups in total. The molecule has 0 aliphatic heterocycles. The van der Waals surface area contributed by atoms with E-state index in [1.807, 2.05) is 25.1 Å². The van der Waals surface area contributed by atoms with Gasteiger partial charge in [0.15, 0.2) is 0 Å². The van der Waals surface area contributed by atoms with Gasteiger partial charge < -0.3 is 9.64 Å². The number of benzene rings is 2. The summed E-state index contributed by atoms with van der Waals surface area (Å²) in [5, 5.41) is 0. The Kier molecular flexibility index (Phi) is 6.72. The van der Waals surface area contributed by atoms with Crippen LogP contribution in [0.3, 0.4) is 0 Å². The van der Waals surface area contributed by atoms with Crippen molar-refractivity contribution in [3.63, 3.8) is 0 Å². The van der Waals surface area contributed by atoms with E-state index in [9.17, 15) is 22.8 Å². The van der Waals surface area contributed by atoms with Gasteiger partial charge in [0.05, 0.1) is 5.56 Å². The second kappa shape index (κ2) is 9.12. The molecular formula is C24H26F3NO3. The summed E-state index contributed by atoms with van der Waals surface area (Å²) >= 11 is 0. The third kappa shape index (κ3) is 5.27. The smallest absolute Gasteiger partial charge is 0.416 e. The molecule has 0 radical (unpaired) electrons. The zero-order valence-electron chi connectivity index (χ0n) is 17.8. The Morgan fingerprint density at radius 1 is 1.13 bits per heavy atom. The first-order valence-electron chi connectivity index (χ1n) is 10.4. The number of carbonyl (C=O) groups excluding carboxylic acids is 2. The molecule has 0 heterocycles. The molecule has 1 fully saturated rings. The number of amides is 1. The van der Waals surface area contributed by atoms with Gasteiger partial charge >= 0.3 is 12.1 Å². The number of alkyl halides is 3. The van der Waals surface area contributed by atoms with Crippen molar-refractivity contribution in [3.05, 3.63) is 59.2 Å². The van der Waals surface area contributed by atoms with Crippen LogP contribution in [0.1, 0.15) is 56.4 Å². The lowest BCUT2D eigenvalue weighted by Gasteiger charge is -2.28. The van der Waals surface area contributed by atoms with Crippen molar-refractivity contribution < 1.29 is 27.5 Å². The number of carbonyl (C=O) groups is 2. The maximum absolute atomic E-state index is 14.0. The average Bonchev–Trinajstić information content (AvgIpc) is 3.55. The van der Waals surface area contributed by atoms with E-state index in [0.29, 0.717) is 17.7 Å². The summed E-state index contributed by atoms with van der Waals surface area (Å²) in [6.07, 6.45) is -4.14. The van der Waals surface area contributed by atoms with Gasteiger partial charge in [0, 0.05) is 31.5 Å². The highest BCUT2D eigenvalue weighted by Gasteiger charge is 2.39. The molecule has 1 aliphatic rings. The zero-order valence-corrected chi connectivity index (χ0v) is 17.8. The van der Waals surface area contributed by atoms with Crippen LogP contribution in [0.2, 0.25) is 0 Å². The lowest BCUT2D eigenvalue weighted by Crippen LogP contribution is -2.32. The molecule has 31 heavy (non-hydrogen) atoms. The zero-order chi connectivity index (χ0) is 22.8. The van der Waals surface area contributed by atoms with Crippen LogP contribution in [0.5, 0.6) is 0 Å². The Morgan fingerprint density at radius 2 is 1.77 bits per heavy atom. The SMILES string of the molecule is CCN(Cc1c(-c2ccccc2)ccc(C(F)(F)F)c1C(C)OC(C)=O)C(=O)C1CC1. The predicted octanol–water partition coefficient (Wildman–Crippen LogP) is 5.76. The largest absolute Gasteiger partial charge is 0.458 e. The van der Waals surface area contributed by atoms with E-state index in [4.69, 9.17) is 4.74 Å². The van der Waals surface area contributed by atoms with Crippen LogP contribution < -0.4 is 0 Å². The van der Waals surface area contributed by atoms with Crippen LogP contribution >= 0.6 is 0 Å². The highest BCUT2D eigenvalue weighted by Crippen LogP contribution is 2.42. The summed E-state index contributed by atoms with van der Waals surface area (Å²) < 4.78 is 47.1. The van der Waals surface area contributed by atoms with Gasteiger partial charge in [-0.2, -0.15) is 13.2 Å². The van der Waals surface area contributed by atoms with Crippen molar-refractivity contribution in [2.24, 2.45) is 5.92 Å². The molecule has 3 rings (SSSR count). The first-order chi connectivity index (χ1) is 14.6. The molecule has 0 aromatic heterocycles. The monoisotopic (exact) mass is 433 g/mol. The number of nitrogens with zero attached hydrogens (tertiary/aromatic N) is 1. The molecule has 1 saturated carbocycles. The Labute approximate surface area is 180 Å². The third-order valence-corrected chi connectivity index (χ3v) is 5.47. The molecular weight excluding hydrogens is 407 g/mol. The van der Waals surface area contributed by atoms with Crippen molar-refractivity contribution in [3.8, 4) is 11.1 Å². The van der Waals surface area contributed by atoms with Crippen molar-refractivity contribution in [2.75, 3.05) is 6.54 Å². The van der Waals surface area contributed by atoms with Crippen molar-refractivity contribution in [1.82, 2.24) is 4.90 Å². The van der Waals surface area contributed by atoms with Gasteiger partial charge in [-0.25, -0.2) is 0 Å². The Bertz CT molecular complexity index is 953. The minimum Gasteiger partial charge on any atom is -0.458 e. The third-order valence-electron chi connectivity index (χ3n) is 5.47. The normalized spacial score (nSPS) is 14.8. The average molecular weight is 433 g/mol. The molecule has 0 saturated heterocycles. The van der Waals surface area contributed by atoms with Gasteiger partial charge in [-0.3, -0.25) is 9.59 Å². The fourth-order valence-corrected chi connectivity index (χ4v) is 3.87. The van der Waals surface area contributed by atoms with Gasteiger partial charge in [-0.1, -0.05) is 36.4 Å². The number of ether oxygens (including phenoxy) is 1. The van der Waals surface area contributed by atoms with Crippen LogP contribution in [0.25, 0.3) is 11.1 Å². The number of hydrogen-bond donors (Lipinski definition) is 0. The standard InChI is InChI=1S/C24H26F3NO3/c1-4-28(23(30)18-10-11-18)14-20-19(17-8-6-5-7-9-17)12-13-21(24(25,26)27)22(20)15(2)31-16(3)29/h5-9,12-13,15,18H,4,10-11,14H2,1-3H3. The molecule has 2 aromatic rings. The van der Waals surface area contributed by atoms with Gasteiger partial charge in [0.25, 0.3) is 0 Å². The van der Waals surface area contributed by atoms with E-state index >= 15 is 0 Å². The first kappa shape index (κ1) is 22.8. The predicted molar refractivity (Wildman–Crippen MR) is 111 cm³/mol. The van der Waals surface area contributed by atoms with Crippen LogP contribution in [0, 0.1) is 5.92 Å². The van der Waals surface area contributed by atoms with E-state index in [1.54, 1.807) is 17.0 Å². The van der Waals surface area contributed by atoms with Crippen molar-refractivity contribution >= 4 is 11.9 Å². The molecule has 1 aliphatic carbocycles. The Hall–Kier alpha value is -2.83. The van der Waals surface area contributed by atoms with Crippen molar-refractivity contribution in [2.45, 2.75) is 52.4 Å². The van der Waals surface area contributed by atoms with E-state index in [2.05, 4.69) is 0 Å². The fraction of sp³-hybridized carbons (Fsp3) is 0.417. The number of halogens is 3. The first-order valence-corrected chi connectivity index (χ1v) is 10.4. The number of hydrogen-bond acceptors (Lipinski definition) is 3. The van der Waals surface area contributed by atoms with Crippen LogP contribution in [-0.4, -0.2) is 23.3 Å². The summed E-state index contributed by atoms with van der Waals surface area (Å²) in [5.41, 5.74) is 0.713. The molecule has 0 bridgehead atoms. The summed E-state index contributed by atoms with van der Waals surface area (Å²) in [5.74, 6) is -0.775.